The molecule has 0 saturated heterocycles. The second-order valence-electron chi connectivity index (χ2n) is 4.85. The number of fused-ring (bicyclic) bond motifs is 1. The highest BCUT2D eigenvalue weighted by Crippen LogP contribution is 2.31. The van der Waals surface area contributed by atoms with Crippen LogP contribution in [0.5, 0.6) is 0 Å². The molecule has 1 aromatic carbocycles. The predicted octanol–water partition coefficient (Wildman–Crippen LogP) is 3.88. The summed E-state index contributed by atoms with van der Waals surface area (Å²) in [6, 6.07) is 4.13. The average Bonchev–Trinajstić information content (AvgIpc) is 3.13. The van der Waals surface area contributed by atoms with Gasteiger partial charge in [0.1, 0.15) is 5.51 Å². The molecule has 0 unspecified atom stereocenters. The lowest BCUT2D eigenvalue weighted by Gasteiger charge is -2.07. The van der Waals surface area contributed by atoms with E-state index < -0.39 is 0 Å². The fourth-order valence-corrected chi connectivity index (χ4v) is 4.58. The minimum Gasteiger partial charge on any atom is -0.301 e. The van der Waals surface area contributed by atoms with Gasteiger partial charge in [0.05, 0.1) is 15.5 Å². The highest BCUT2D eigenvalue weighted by atomic mass is 32.2. The van der Waals surface area contributed by atoms with Crippen molar-refractivity contribution in [2.75, 3.05) is 5.32 Å². The van der Waals surface area contributed by atoms with Crippen LogP contribution in [-0.2, 0) is 4.79 Å². The normalized spacial score (nSPS) is 12.5. The van der Waals surface area contributed by atoms with Crippen molar-refractivity contribution in [1.29, 1.82) is 0 Å². The number of hydrogen-bond acceptors (Lipinski definition) is 7. The number of anilines is 1. The number of carbonyl (C=O) groups is 1. The lowest BCUT2D eigenvalue weighted by molar-refractivity contribution is -0.115. The van der Waals surface area contributed by atoms with E-state index in [1.165, 1.54) is 40.0 Å². The van der Waals surface area contributed by atoms with Gasteiger partial charge in [-0.2, -0.15) is 0 Å². The summed E-state index contributed by atoms with van der Waals surface area (Å²) in [4.78, 5) is 16.8. The number of aromatic nitrogens is 3. The number of aryl methyl sites for hydroxylation is 2. The Morgan fingerprint density at radius 3 is 2.77 bits per heavy atom. The summed E-state index contributed by atoms with van der Waals surface area (Å²) < 4.78 is 1.92. The SMILES string of the molecule is Cc1ccc(C)c2sc(NC(=O)[C@H](C)Sc3nncs3)nc12. The monoisotopic (exact) mass is 350 g/mol. The molecule has 0 fully saturated rings. The molecule has 0 radical (unpaired) electrons. The number of nitrogens with zero attached hydrogens (tertiary/aromatic N) is 3. The molecule has 0 spiro atoms. The average molecular weight is 350 g/mol. The molecule has 0 aliphatic heterocycles. The van der Waals surface area contributed by atoms with Crippen molar-refractivity contribution in [3.05, 3.63) is 28.8 Å². The van der Waals surface area contributed by atoms with Crippen molar-refractivity contribution >= 4 is 55.7 Å². The summed E-state index contributed by atoms with van der Waals surface area (Å²) in [5, 5.41) is 11.0. The van der Waals surface area contributed by atoms with E-state index in [2.05, 4.69) is 39.6 Å². The van der Waals surface area contributed by atoms with E-state index in [-0.39, 0.29) is 11.2 Å². The molecule has 1 amide bonds. The molecule has 0 bridgehead atoms. The van der Waals surface area contributed by atoms with Crippen molar-refractivity contribution in [3.63, 3.8) is 0 Å². The topological polar surface area (TPSA) is 67.8 Å². The molecular formula is C14H14N4OS3. The quantitative estimate of drug-likeness (QED) is 0.723. The lowest BCUT2D eigenvalue weighted by atomic mass is 10.1. The van der Waals surface area contributed by atoms with Crippen LogP contribution in [0.25, 0.3) is 10.2 Å². The number of hydrogen-bond donors (Lipinski definition) is 1. The molecule has 3 aromatic rings. The second kappa shape index (κ2) is 6.31. The molecular weight excluding hydrogens is 336 g/mol. The molecule has 8 heteroatoms. The molecule has 1 N–H and O–H groups in total. The molecule has 0 saturated carbocycles. The predicted molar refractivity (Wildman–Crippen MR) is 93.0 cm³/mol. The molecule has 22 heavy (non-hydrogen) atoms. The maximum atomic E-state index is 12.3. The van der Waals surface area contributed by atoms with Crippen LogP contribution >= 0.6 is 34.4 Å². The maximum Gasteiger partial charge on any atom is 0.239 e. The number of amides is 1. The molecule has 0 aliphatic carbocycles. The van der Waals surface area contributed by atoms with Crippen molar-refractivity contribution in [3.8, 4) is 0 Å². The summed E-state index contributed by atoms with van der Waals surface area (Å²) >= 11 is 4.34. The van der Waals surface area contributed by atoms with Crippen LogP contribution in [0.1, 0.15) is 18.1 Å². The first-order valence-corrected chi connectivity index (χ1v) is 9.22. The summed E-state index contributed by atoms with van der Waals surface area (Å²) in [5.41, 5.74) is 4.92. The zero-order valence-corrected chi connectivity index (χ0v) is 14.7. The summed E-state index contributed by atoms with van der Waals surface area (Å²) in [6.07, 6.45) is 0. The van der Waals surface area contributed by atoms with E-state index in [1.54, 1.807) is 5.51 Å². The van der Waals surface area contributed by atoms with Gasteiger partial charge in [0.25, 0.3) is 0 Å². The van der Waals surface area contributed by atoms with Crippen LogP contribution in [0.15, 0.2) is 22.0 Å². The third-order valence-corrected chi connectivity index (χ3v) is 6.18. The third-order valence-electron chi connectivity index (χ3n) is 3.16. The fraction of sp³-hybridized carbons (Fsp3) is 0.286. The number of thiazole rings is 1. The molecule has 2 heterocycles. The molecule has 3 rings (SSSR count). The van der Waals surface area contributed by atoms with Gasteiger partial charge < -0.3 is 5.32 Å². The lowest BCUT2D eigenvalue weighted by Crippen LogP contribution is -2.22. The Morgan fingerprint density at radius 2 is 2.09 bits per heavy atom. The largest absolute Gasteiger partial charge is 0.301 e. The van der Waals surface area contributed by atoms with Crippen molar-refractivity contribution in [1.82, 2.24) is 15.2 Å². The molecule has 1 atom stereocenters. The Morgan fingerprint density at radius 1 is 1.32 bits per heavy atom. The van der Waals surface area contributed by atoms with Crippen LogP contribution in [0, 0.1) is 13.8 Å². The summed E-state index contributed by atoms with van der Waals surface area (Å²) in [6.45, 7) is 5.94. The molecule has 114 valence electrons. The number of thioether (sulfide) groups is 1. The van der Waals surface area contributed by atoms with Crippen LogP contribution in [0.2, 0.25) is 0 Å². The van der Waals surface area contributed by atoms with Crippen LogP contribution in [0.4, 0.5) is 5.13 Å². The van der Waals surface area contributed by atoms with Gasteiger partial charge in [-0.3, -0.25) is 4.79 Å². The Hall–Kier alpha value is -1.51. The first-order valence-electron chi connectivity index (χ1n) is 6.65. The maximum absolute atomic E-state index is 12.3. The van der Waals surface area contributed by atoms with Gasteiger partial charge in [0.2, 0.25) is 5.91 Å². The number of nitrogens with one attached hydrogen (secondary N) is 1. The Kier molecular flexibility index (Phi) is 4.42. The molecule has 5 nitrogen and oxygen atoms in total. The van der Waals surface area contributed by atoms with E-state index in [9.17, 15) is 4.79 Å². The standard InChI is InChI=1S/C14H14N4OS3/c1-7-4-5-8(2)11-10(7)16-13(22-11)17-12(19)9(3)21-14-18-15-6-20-14/h4-6,9H,1-3H3,(H,16,17,19)/t9-/m0/s1. The second-order valence-corrected chi connectivity index (χ2v) is 8.27. The molecule has 2 aromatic heterocycles. The third kappa shape index (κ3) is 3.13. The highest BCUT2D eigenvalue weighted by Gasteiger charge is 2.18. The van der Waals surface area contributed by atoms with E-state index >= 15 is 0 Å². The minimum atomic E-state index is -0.248. The van der Waals surface area contributed by atoms with Gasteiger partial charge in [-0.1, -0.05) is 46.6 Å². The Balaban J connectivity index is 1.76. The summed E-state index contributed by atoms with van der Waals surface area (Å²) in [5.74, 6) is -0.0745. The van der Waals surface area contributed by atoms with E-state index in [4.69, 9.17) is 0 Å². The van der Waals surface area contributed by atoms with Gasteiger partial charge >= 0.3 is 0 Å². The number of rotatable bonds is 4. The van der Waals surface area contributed by atoms with E-state index in [0.29, 0.717) is 5.13 Å². The smallest absolute Gasteiger partial charge is 0.239 e. The van der Waals surface area contributed by atoms with Crippen molar-refractivity contribution < 1.29 is 4.79 Å². The van der Waals surface area contributed by atoms with Gasteiger partial charge in [-0.05, 0) is 31.9 Å². The van der Waals surface area contributed by atoms with E-state index in [1.807, 2.05) is 13.8 Å². The highest BCUT2D eigenvalue weighted by molar-refractivity contribution is 8.02. The van der Waals surface area contributed by atoms with Gasteiger partial charge in [0.15, 0.2) is 9.47 Å². The van der Waals surface area contributed by atoms with E-state index in [0.717, 1.165) is 20.1 Å². The summed E-state index contributed by atoms with van der Waals surface area (Å²) in [7, 11) is 0. The first kappa shape index (κ1) is 15.4. The Labute approximate surface area is 140 Å². The Bertz CT molecular complexity index is 774. The van der Waals surface area contributed by atoms with Crippen molar-refractivity contribution in [2.45, 2.75) is 30.4 Å². The van der Waals surface area contributed by atoms with Gasteiger partial charge in [0, 0.05) is 0 Å². The van der Waals surface area contributed by atoms with Gasteiger partial charge in [-0.15, -0.1) is 10.2 Å². The molecule has 0 aliphatic rings. The van der Waals surface area contributed by atoms with Crippen LogP contribution < -0.4 is 5.32 Å². The van der Waals surface area contributed by atoms with Crippen molar-refractivity contribution in [2.24, 2.45) is 0 Å². The zero-order valence-electron chi connectivity index (χ0n) is 12.3. The first-order chi connectivity index (χ1) is 10.5. The van der Waals surface area contributed by atoms with Gasteiger partial charge in [-0.25, -0.2) is 4.98 Å². The number of carbonyl (C=O) groups excluding carboxylic acids is 1. The van der Waals surface area contributed by atoms with Crippen LogP contribution in [-0.4, -0.2) is 26.3 Å². The minimum absolute atomic E-state index is 0.0745. The fourth-order valence-electron chi connectivity index (χ4n) is 1.94. The van der Waals surface area contributed by atoms with Crippen LogP contribution in [0.3, 0.4) is 0 Å². The zero-order chi connectivity index (χ0) is 15.7. The number of benzene rings is 1.